The molecule has 1 saturated carbocycles. The number of hydrogen-bond donors (Lipinski definition) is 0. The molecule has 1 aliphatic carbocycles. The number of piperidine rings is 1. The van der Waals surface area contributed by atoms with Crippen LogP contribution in [-0.4, -0.2) is 23.5 Å². The van der Waals surface area contributed by atoms with E-state index in [1.165, 1.54) is 38.5 Å². The van der Waals surface area contributed by atoms with Crippen molar-refractivity contribution < 1.29 is 0 Å². The highest BCUT2D eigenvalue weighted by Gasteiger charge is 2.39. The van der Waals surface area contributed by atoms with E-state index in [1.807, 2.05) is 0 Å². The van der Waals surface area contributed by atoms with Crippen molar-refractivity contribution in [2.75, 3.05) is 7.05 Å². The zero-order valence-corrected chi connectivity index (χ0v) is 9.34. The lowest BCUT2D eigenvalue weighted by atomic mass is 9.73. The van der Waals surface area contributed by atoms with Gasteiger partial charge in [-0.3, -0.25) is 4.90 Å². The maximum Gasteiger partial charge on any atom is 0.0153 e. The molecule has 13 heavy (non-hydrogen) atoms. The quantitative estimate of drug-likeness (QED) is 0.555. The topological polar surface area (TPSA) is 3.24 Å². The van der Waals surface area contributed by atoms with Gasteiger partial charge in [0.2, 0.25) is 0 Å². The fourth-order valence-electron chi connectivity index (χ4n) is 3.20. The van der Waals surface area contributed by atoms with Gasteiger partial charge in [-0.25, -0.2) is 0 Å². The number of nitrogens with zero attached hydrogens (tertiary/aromatic N) is 1. The van der Waals surface area contributed by atoms with Crippen molar-refractivity contribution in [2.24, 2.45) is 5.92 Å². The third-order valence-electron chi connectivity index (χ3n) is 4.45. The molecule has 1 saturated heterocycles. The summed E-state index contributed by atoms with van der Waals surface area (Å²) in [5, 5.41) is 0. The Bertz CT molecular complexity index is 186. The molecule has 2 atom stereocenters. The van der Waals surface area contributed by atoms with Crippen LogP contribution >= 0.6 is 0 Å². The first-order chi connectivity index (χ1) is 6.11. The van der Waals surface area contributed by atoms with Crippen molar-refractivity contribution in [1.29, 1.82) is 0 Å². The first-order valence-corrected chi connectivity index (χ1v) is 5.84. The summed E-state index contributed by atoms with van der Waals surface area (Å²) in [4.78, 5) is 2.65. The lowest BCUT2D eigenvalue weighted by Crippen LogP contribution is -2.55. The van der Waals surface area contributed by atoms with Crippen molar-refractivity contribution in [3.63, 3.8) is 0 Å². The molecule has 1 heteroatoms. The molecule has 0 aromatic heterocycles. The Balaban J connectivity index is 2.10. The molecule has 1 heterocycles. The second-order valence-electron chi connectivity index (χ2n) is 5.57. The number of fused-ring (bicyclic) bond motifs is 1. The highest BCUT2D eigenvalue weighted by atomic mass is 15.2. The lowest BCUT2D eigenvalue weighted by Gasteiger charge is -2.51. The third-order valence-corrected chi connectivity index (χ3v) is 4.45. The van der Waals surface area contributed by atoms with Crippen LogP contribution in [0, 0.1) is 5.92 Å². The van der Waals surface area contributed by atoms with Crippen LogP contribution in [0.2, 0.25) is 0 Å². The predicted molar refractivity (Wildman–Crippen MR) is 56.8 cm³/mol. The van der Waals surface area contributed by atoms with Crippen LogP contribution in [0.5, 0.6) is 0 Å². The van der Waals surface area contributed by atoms with Crippen LogP contribution in [0.1, 0.15) is 52.4 Å². The highest BCUT2D eigenvalue weighted by Crippen LogP contribution is 2.40. The van der Waals surface area contributed by atoms with Gasteiger partial charge in [0.1, 0.15) is 0 Å². The summed E-state index contributed by atoms with van der Waals surface area (Å²) < 4.78 is 0. The average molecular weight is 181 g/mol. The molecule has 2 aliphatic rings. The number of likely N-dealkylation sites (tertiary alicyclic amines) is 1. The van der Waals surface area contributed by atoms with E-state index in [2.05, 4.69) is 25.8 Å². The summed E-state index contributed by atoms with van der Waals surface area (Å²) in [6, 6.07) is 0.900. The average Bonchev–Trinajstić information content (AvgIpc) is 2.13. The van der Waals surface area contributed by atoms with Gasteiger partial charge in [0.15, 0.2) is 0 Å². The smallest absolute Gasteiger partial charge is 0.0153 e. The molecular weight excluding hydrogens is 158 g/mol. The van der Waals surface area contributed by atoms with E-state index < -0.39 is 0 Å². The van der Waals surface area contributed by atoms with Gasteiger partial charge in [0, 0.05) is 11.6 Å². The Morgan fingerprint density at radius 3 is 2.54 bits per heavy atom. The molecule has 2 fully saturated rings. The molecule has 1 aliphatic heterocycles. The van der Waals surface area contributed by atoms with E-state index in [9.17, 15) is 0 Å². The van der Waals surface area contributed by atoms with E-state index in [0.717, 1.165) is 12.0 Å². The van der Waals surface area contributed by atoms with Crippen molar-refractivity contribution in [1.82, 2.24) is 4.90 Å². The minimum absolute atomic E-state index is 0.457. The van der Waals surface area contributed by atoms with Crippen LogP contribution in [0.15, 0.2) is 0 Å². The molecule has 0 aromatic rings. The molecular formula is C12H23N. The Morgan fingerprint density at radius 1 is 1.08 bits per heavy atom. The highest BCUT2D eigenvalue weighted by molar-refractivity contribution is 4.95. The largest absolute Gasteiger partial charge is 0.298 e. The summed E-state index contributed by atoms with van der Waals surface area (Å²) in [5.41, 5.74) is 0.457. The molecule has 1 nitrogen and oxygen atoms in total. The normalized spacial score (nSPS) is 39.9. The van der Waals surface area contributed by atoms with Gasteiger partial charge in [-0.2, -0.15) is 0 Å². The van der Waals surface area contributed by atoms with Crippen LogP contribution < -0.4 is 0 Å². The number of rotatable bonds is 0. The second kappa shape index (κ2) is 3.27. The first kappa shape index (κ1) is 9.51. The number of hydrogen-bond acceptors (Lipinski definition) is 1. The van der Waals surface area contributed by atoms with E-state index >= 15 is 0 Å². The van der Waals surface area contributed by atoms with Crippen LogP contribution in [0.3, 0.4) is 0 Å². The maximum absolute atomic E-state index is 2.65. The molecule has 0 spiro atoms. The monoisotopic (exact) mass is 181 g/mol. The van der Waals surface area contributed by atoms with Gasteiger partial charge in [0.05, 0.1) is 0 Å². The van der Waals surface area contributed by atoms with Gasteiger partial charge in [-0.1, -0.05) is 12.8 Å². The van der Waals surface area contributed by atoms with Crippen molar-refractivity contribution in [3.05, 3.63) is 0 Å². The summed E-state index contributed by atoms with van der Waals surface area (Å²) in [6.45, 7) is 4.80. The van der Waals surface area contributed by atoms with Crippen molar-refractivity contribution >= 4 is 0 Å². The molecule has 0 amide bonds. The van der Waals surface area contributed by atoms with Gasteiger partial charge in [-0.05, 0) is 52.5 Å². The molecule has 0 N–H and O–H groups in total. The first-order valence-electron chi connectivity index (χ1n) is 5.84. The second-order valence-corrected chi connectivity index (χ2v) is 5.57. The SMILES string of the molecule is CN1C2CCCCC2CCC1(C)C. The molecule has 0 bridgehead atoms. The van der Waals surface area contributed by atoms with Crippen molar-refractivity contribution in [3.8, 4) is 0 Å². The van der Waals surface area contributed by atoms with Crippen molar-refractivity contribution in [2.45, 2.75) is 64.0 Å². The van der Waals surface area contributed by atoms with Gasteiger partial charge < -0.3 is 0 Å². The molecule has 76 valence electrons. The van der Waals surface area contributed by atoms with Gasteiger partial charge >= 0.3 is 0 Å². The Labute approximate surface area is 82.5 Å². The third kappa shape index (κ3) is 1.63. The van der Waals surface area contributed by atoms with Crippen LogP contribution in [0.25, 0.3) is 0 Å². The summed E-state index contributed by atoms with van der Waals surface area (Å²) in [5.74, 6) is 1.02. The predicted octanol–water partition coefficient (Wildman–Crippen LogP) is 3.05. The van der Waals surface area contributed by atoms with E-state index in [0.29, 0.717) is 5.54 Å². The van der Waals surface area contributed by atoms with Gasteiger partial charge in [0.25, 0.3) is 0 Å². The molecule has 0 radical (unpaired) electrons. The summed E-state index contributed by atoms with van der Waals surface area (Å²) in [6.07, 6.45) is 8.75. The minimum atomic E-state index is 0.457. The van der Waals surface area contributed by atoms with Crippen LogP contribution in [-0.2, 0) is 0 Å². The summed E-state index contributed by atoms with van der Waals surface area (Å²) in [7, 11) is 2.34. The fourth-order valence-corrected chi connectivity index (χ4v) is 3.20. The van der Waals surface area contributed by atoms with E-state index in [4.69, 9.17) is 0 Å². The molecule has 2 rings (SSSR count). The van der Waals surface area contributed by atoms with E-state index in [-0.39, 0.29) is 0 Å². The maximum atomic E-state index is 2.65. The minimum Gasteiger partial charge on any atom is -0.298 e. The van der Waals surface area contributed by atoms with E-state index in [1.54, 1.807) is 0 Å². The fraction of sp³-hybridized carbons (Fsp3) is 1.00. The van der Waals surface area contributed by atoms with Crippen LogP contribution in [0.4, 0.5) is 0 Å². The Morgan fingerprint density at radius 2 is 1.77 bits per heavy atom. The standard InChI is InChI=1S/C12H23N/c1-12(2)9-8-10-6-4-5-7-11(10)13(12)3/h10-11H,4-9H2,1-3H3. The molecule has 2 unspecified atom stereocenters. The molecule has 0 aromatic carbocycles. The van der Waals surface area contributed by atoms with Gasteiger partial charge in [-0.15, -0.1) is 0 Å². The Hall–Kier alpha value is -0.0400. The zero-order chi connectivity index (χ0) is 9.47. The lowest BCUT2D eigenvalue weighted by molar-refractivity contribution is -0.00904. The zero-order valence-electron chi connectivity index (χ0n) is 9.34. The Kier molecular flexibility index (Phi) is 2.39. The summed E-state index contributed by atoms with van der Waals surface area (Å²) >= 11 is 0.